The minimum absolute atomic E-state index is 0.0663. The molecule has 338 valence electrons. The molecule has 2 aliphatic heterocycles. The summed E-state index contributed by atoms with van der Waals surface area (Å²) < 4.78 is 101. The zero-order chi connectivity index (χ0) is 45.3. The lowest BCUT2D eigenvalue weighted by Crippen LogP contribution is -2.38. The average Bonchev–Trinajstić information content (AvgIpc) is 3.47. The van der Waals surface area contributed by atoms with Gasteiger partial charge in [0.2, 0.25) is 0 Å². The van der Waals surface area contributed by atoms with Crippen LogP contribution in [0.5, 0.6) is 0 Å². The molecule has 2 aromatic rings. The van der Waals surface area contributed by atoms with E-state index in [1.54, 1.807) is 0 Å². The fourth-order valence-electron chi connectivity index (χ4n) is 4.42. The van der Waals surface area contributed by atoms with Crippen LogP contribution in [-0.4, -0.2) is 134 Å². The van der Waals surface area contributed by atoms with Crippen molar-refractivity contribution in [1.29, 1.82) is 0 Å². The highest BCUT2D eigenvalue weighted by Crippen LogP contribution is 2.67. The zero-order valence-corrected chi connectivity index (χ0v) is 33.9. The van der Waals surface area contributed by atoms with Crippen molar-refractivity contribution in [3.05, 3.63) is 49.3 Å². The second kappa shape index (κ2) is 19.1. The molecule has 2 fully saturated rings. The number of aliphatic hydroxyl groups excluding tert-OH is 4. The monoisotopic (exact) mass is 982 g/mol. The Morgan fingerprint density at radius 2 is 1.12 bits per heavy atom. The number of rotatable bonds is 16. The number of phosphoric ester groups is 2. The van der Waals surface area contributed by atoms with E-state index in [0.29, 0.717) is 4.68 Å². The van der Waals surface area contributed by atoms with Gasteiger partial charge < -0.3 is 74.8 Å². The number of ether oxygens (including phenoxy) is 2. The number of nitrogens with one attached hydrogen (secondary N) is 1. The molecule has 0 saturated carbocycles. The number of aryl methyl sites for hydroxylation is 1. The highest BCUT2D eigenvalue weighted by atomic mass is 31.3. The molecule has 2 aliphatic rings. The van der Waals surface area contributed by atoms with Gasteiger partial charge in [0.1, 0.15) is 42.4 Å². The molecule has 59 heavy (non-hydrogen) atoms. The molecular weight excluding hydrogens is 950 g/mol. The van der Waals surface area contributed by atoms with Crippen molar-refractivity contribution in [3.8, 4) is 0 Å². The Balaban J connectivity index is 0.000000316. The second-order valence-corrected chi connectivity index (χ2v) is 20.1. The maximum atomic E-state index is 11.9. The lowest BCUT2D eigenvalue weighted by atomic mass is 10.1. The summed E-state index contributed by atoms with van der Waals surface area (Å²) in [5.41, 5.74) is 2.59. The first-order valence-corrected chi connectivity index (χ1v) is 23.8. The molecule has 0 spiro atoms. The van der Waals surface area contributed by atoms with E-state index in [9.17, 15) is 72.0 Å². The summed E-state index contributed by atoms with van der Waals surface area (Å²) in [6.45, 7) is -0.746. The average molecular weight is 982 g/mol. The van der Waals surface area contributed by atoms with E-state index < -0.39 is 126 Å². The molecule has 0 aliphatic carbocycles. The third-order valence-electron chi connectivity index (χ3n) is 6.71. The van der Waals surface area contributed by atoms with Crippen LogP contribution >= 0.6 is 46.9 Å². The maximum Gasteiger partial charge on any atom is 0.490 e. The number of nitrogen functional groups attached to an aromatic ring is 1. The van der Waals surface area contributed by atoms with Gasteiger partial charge in [-0.2, -0.15) is 32.0 Å². The smallest absolute Gasteiger partial charge is 0.387 e. The molecule has 0 amide bonds. The van der Waals surface area contributed by atoms with Gasteiger partial charge in [0, 0.05) is 11.8 Å². The van der Waals surface area contributed by atoms with Crippen molar-refractivity contribution in [2.75, 3.05) is 18.9 Å². The number of hydrogen-bond donors (Lipinski definition) is 14. The van der Waals surface area contributed by atoms with Gasteiger partial charge in [0.25, 0.3) is 5.56 Å². The van der Waals surface area contributed by atoms with Crippen molar-refractivity contribution in [3.63, 3.8) is 0 Å². The van der Waals surface area contributed by atoms with E-state index in [0.717, 1.165) is 17.0 Å². The van der Waals surface area contributed by atoms with Crippen LogP contribution in [0.25, 0.3) is 0 Å². The first kappa shape index (κ1) is 51.2. The van der Waals surface area contributed by atoms with Crippen LogP contribution in [0.4, 0.5) is 5.82 Å². The summed E-state index contributed by atoms with van der Waals surface area (Å²) in [5, 5.41) is 43.5. The van der Waals surface area contributed by atoms with Crippen molar-refractivity contribution in [2.45, 2.75) is 56.0 Å². The van der Waals surface area contributed by atoms with Crippen LogP contribution in [0.2, 0.25) is 0 Å². The molecule has 0 aromatic carbocycles. The molecule has 0 bridgehead atoms. The maximum absolute atomic E-state index is 11.9. The summed E-state index contributed by atoms with van der Waals surface area (Å²) >= 11 is 0. The third kappa shape index (κ3) is 15.3. The van der Waals surface area contributed by atoms with Crippen LogP contribution in [-0.2, 0) is 63.2 Å². The molecule has 4 rings (SSSR count). The first-order chi connectivity index (χ1) is 26.6. The van der Waals surface area contributed by atoms with Gasteiger partial charge in [-0.15, -0.1) is 0 Å². The quantitative estimate of drug-likeness (QED) is 0.0700. The SMILES string of the molecule is Cc1cn([C@@H]2O[C@H](COP(=O)(O)OP(=O)(O)OP(=O)(O)O)[C@@H](O)[C@H]2O)c(=O)[nH]c1=O.Nc1cnn([C@@H]2O[C@H](COP(=O)(O)OP(=O)(O)OP(=O)(O)O)[C@@H](O)[C@H]2O)c(=O)n1. The summed E-state index contributed by atoms with van der Waals surface area (Å²) in [7, 11) is -33.5. The van der Waals surface area contributed by atoms with Crippen molar-refractivity contribution >= 4 is 52.8 Å². The van der Waals surface area contributed by atoms with Gasteiger partial charge in [-0.3, -0.25) is 23.4 Å². The van der Waals surface area contributed by atoms with Gasteiger partial charge in [-0.05, 0) is 6.92 Å². The Morgan fingerprint density at radius 1 is 0.695 bits per heavy atom. The molecule has 4 unspecified atom stereocenters. The first-order valence-electron chi connectivity index (χ1n) is 14.7. The summed E-state index contributed by atoms with van der Waals surface area (Å²) in [4.78, 5) is 111. The lowest BCUT2D eigenvalue weighted by molar-refractivity contribution is -0.0608. The van der Waals surface area contributed by atoms with Crippen molar-refractivity contribution < 1.29 is 123 Å². The Labute approximate surface area is 324 Å². The summed E-state index contributed by atoms with van der Waals surface area (Å²) in [6.07, 6.45) is -11.4. The summed E-state index contributed by atoms with van der Waals surface area (Å²) in [5.74, 6) is -0.233. The van der Waals surface area contributed by atoms with E-state index in [1.165, 1.54) is 6.92 Å². The van der Waals surface area contributed by atoms with E-state index in [4.69, 9.17) is 44.6 Å². The molecule has 12 atom stereocenters. The number of anilines is 1. The van der Waals surface area contributed by atoms with Gasteiger partial charge in [-0.25, -0.2) is 37.0 Å². The number of phosphoric acid groups is 6. The Morgan fingerprint density at radius 3 is 1.54 bits per heavy atom. The normalized spacial score (nSPS) is 29.0. The van der Waals surface area contributed by atoms with E-state index >= 15 is 0 Å². The number of aliphatic hydroxyl groups is 4. The number of nitrogens with two attached hydrogens (primary N) is 1. The standard InChI is InChI=1S/C10H17N2O15P3.C8H15N4O14P3/c1-4-2-12(10(16)11-8(4)15)9-7(14)6(13)5(25-9)3-24-29(20,21)27-30(22,23)26-28(17,18)19;9-4-1-10-12(8(15)11-4)7-6(14)5(13)3(24-7)2-23-28(19,20)26-29(21,22)25-27(16,17)18/h2,5-7,9,13-14H,3H2,1H3,(H,20,21)(H,22,23)(H,11,15,16)(H2,17,18,19);1,3,5-7,13-14H,2H2,(H,19,20)(H,21,22)(H2,9,11,15)(H2,16,17,18)/t5-,6-,7-,9-;3-,5-,6-,7-/m11/s1. The van der Waals surface area contributed by atoms with Gasteiger partial charge in [0.15, 0.2) is 12.5 Å². The summed E-state index contributed by atoms with van der Waals surface area (Å²) in [6, 6.07) is 0. The van der Waals surface area contributed by atoms with Crippen LogP contribution in [0.1, 0.15) is 18.0 Å². The Bertz CT molecular complexity index is 2310. The van der Waals surface area contributed by atoms with Crippen LogP contribution < -0.4 is 22.7 Å². The zero-order valence-electron chi connectivity index (χ0n) is 28.5. The molecule has 15 N–H and O–H groups in total. The fourth-order valence-corrected chi connectivity index (χ4v) is 10.5. The van der Waals surface area contributed by atoms with Gasteiger partial charge >= 0.3 is 58.3 Å². The molecule has 4 heterocycles. The minimum atomic E-state index is -5.73. The van der Waals surface area contributed by atoms with Crippen LogP contribution in [0.15, 0.2) is 26.8 Å². The number of aromatic amines is 1. The molecular formula is C18H32N6O29P6. The third-order valence-corrected chi connectivity index (χ3v) is 14.3. The molecule has 35 nitrogen and oxygen atoms in total. The Kier molecular flexibility index (Phi) is 16.6. The number of nitrogens with zero attached hydrogens (tertiary/aromatic N) is 4. The number of H-pyrrole nitrogens is 1. The lowest BCUT2D eigenvalue weighted by Gasteiger charge is -2.19. The minimum Gasteiger partial charge on any atom is -0.387 e. The topological polar surface area (TPSA) is 548 Å². The van der Waals surface area contributed by atoms with Crippen LogP contribution in [0, 0.1) is 6.92 Å². The highest BCUT2D eigenvalue weighted by molar-refractivity contribution is 7.67. The van der Waals surface area contributed by atoms with Gasteiger partial charge in [0.05, 0.1) is 19.4 Å². The molecule has 0 radical (unpaired) electrons. The van der Waals surface area contributed by atoms with Crippen LogP contribution in [0.3, 0.4) is 0 Å². The molecule has 41 heteroatoms. The number of hydrogen-bond acceptors (Lipinski definition) is 24. The van der Waals surface area contributed by atoms with E-state index in [2.05, 4.69) is 36.4 Å². The largest absolute Gasteiger partial charge is 0.490 e. The molecule has 2 aromatic heterocycles. The number of aromatic nitrogens is 5. The van der Waals surface area contributed by atoms with E-state index in [1.807, 2.05) is 4.98 Å². The highest BCUT2D eigenvalue weighted by Gasteiger charge is 2.49. The molecule has 2 saturated heterocycles. The fraction of sp³-hybridized carbons (Fsp3) is 0.611. The predicted octanol–water partition coefficient (Wildman–Crippen LogP) is -5.01. The second-order valence-electron chi connectivity index (χ2n) is 11.3. The Hall–Kier alpha value is -2.13. The predicted molar refractivity (Wildman–Crippen MR) is 178 cm³/mol. The van der Waals surface area contributed by atoms with Gasteiger partial charge in [-0.1, -0.05) is 0 Å². The van der Waals surface area contributed by atoms with Crippen molar-refractivity contribution in [1.82, 2.24) is 24.3 Å². The van der Waals surface area contributed by atoms with Crippen molar-refractivity contribution in [2.24, 2.45) is 0 Å². The van der Waals surface area contributed by atoms with E-state index in [-0.39, 0.29) is 11.4 Å².